The maximum atomic E-state index is 8.79. The van der Waals surface area contributed by atoms with Crippen molar-refractivity contribution in [1.82, 2.24) is 4.90 Å². The summed E-state index contributed by atoms with van der Waals surface area (Å²) < 4.78 is 20.6. The molecule has 0 aromatic heterocycles. The molecule has 2 atom stereocenters. The molecule has 1 aromatic rings. The summed E-state index contributed by atoms with van der Waals surface area (Å²) in [4.78, 5) is 2.42. The summed E-state index contributed by atoms with van der Waals surface area (Å²) in [6, 6.07) is 3.61. The normalized spacial score (nSPS) is 25.7. The van der Waals surface area contributed by atoms with Gasteiger partial charge in [0.15, 0.2) is 8.32 Å². The highest BCUT2D eigenvalue weighted by Crippen LogP contribution is 2.59. The molecule has 0 N–H and O–H groups in total. The topological polar surface area (TPSA) is 21.7 Å². The number of ether oxygens (including phenoxy) is 1. The first-order valence-corrected chi connectivity index (χ1v) is 13.4. The molecule has 1 spiro atoms. The van der Waals surface area contributed by atoms with Gasteiger partial charge < -0.3 is 9.16 Å². The Hall–Kier alpha value is -0.263. The highest BCUT2D eigenvalue weighted by atomic mass is 35.5. The predicted molar refractivity (Wildman–Crippen MR) is 117 cm³/mol. The molecule has 3 nitrogen and oxygen atoms in total. The fraction of sp³-hybridized carbons (Fsp3) is 0.714. The molecule has 152 valence electrons. The Balaban J connectivity index is 1.54. The standard InChI is InChI=1S/C21H33Cl2NO2Si/c1-20(2,3)27(5,6)26-10-9-24-13-21(14-24)11-15(12-21)18-17(25-4)8-7-16(22)19(18)23/h7-8,15H,9-14H2,1-6H3/i11D. The Bertz CT molecular complexity index is 732. The van der Waals surface area contributed by atoms with E-state index in [1.807, 2.05) is 6.07 Å². The molecule has 1 saturated heterocycles. The van der Waals surface area contributed by atoms with Crippen LogP contribution < -0.4 is 4.74 Å². The first-order valence-electron chi connectivity index (χ1n) is 10.3. The lowest BCUT2D eigenvalue weighted by Crippen LogP contribution is -2.62. The van der Waals surface area contributed by atoms with Gasteiger partial charge in [0.2, 0.25) is 0 Å². The van der Waals surface area contributed by atoms with E-state index in [2.05, 4.69) is 38.8 Å². The van der Waals surface area contributed by atoms with Crippen molar-refractivity contribution in [3.8, 4) is 5.75 Å². The fourth-order valence-corrected chi connectivity index (χ4v) is 5.47. The molecule has 1 aliphatic heterocycles. The van der Waals surface area contributed by atoms with Crippen LogP contribution in [0.5, 0.6) is 5.75 Å². The zero-order chi connectivity index (χ0) is 20.9. The fourth-order valence-electron chi connectivity index (χ4n) is 3.97. The Kier molecular flexibility index (Phi) is 5.58. The van der Waals surface area contributed by atoms with Crippen LogP contribution in [0.25, 0.3) is 0 Å². The van der Waals surface area contributed by atoms with Gasteiger partial charge in [-0.3, -0.25) is 4.90 Å². The van der Waals surface area contributed by atoms with Crippen molar-refractivity contribution in [3.63, 3.8) is 0 Å². The van der Waals surface area contributed by atoms with Crippen molar-refractivity contribution in [2.45, 2.75) is 57.6 Å². The second kappa shape index (κ2) is 7.53. The van der Waals surface area contributed by atoms with Crippen molar-refractivity contribution in [2.24, 2.45) is 5.41 Å². The van der Waals surface area contributed by atoms with Crippen molar-refractivity contribution in [2.75, 3.05) is 33.4 Å². The molecule has 1 heterocycles. The van der Waals surface area contributed by atoms with Crippen LogP contribution in [0.2, 0.25) is 28.2 Å². The molecule has 3 rings (SSSR count). The minimum atomic E-state index is -1.69. The summed E-state index contributed by atoms with van der Waals surface area (Å²) in [5.74, 6) is 0.831. The second-order valence-electron chi connectivity index (χ2n) is 9.64. The third-order valence-electron chi connectivity index (χ3n) is 6.62. The van der Waals surface area contributed by atoms with E-state index >= 15 is 0 Å². The SMILES string of the molecule is [2H]C1C(c2c(OC)ccc(Cl)c2Cl)CC12CN(CCO[Si](C)(C)C(C)(C)C)C2. The molecular weight excluding hydrogens is 397 g/mol. The minimum Gasteiger partial charge on any atom is -0.496 e. The quantitative estimate of drug-likeness (QED) is 0.501. The molecule has 1 saturated carbocycles. The van der Waals surface area contributed by atoms with E-state index in [1.54, 1.807) is 13.2 Å². The summed E-state index contributed by atoms with van der Waals surface area (Å²) in [6.07, 6.45) is 0.798. The molecule has 2 fully saturated rings. The molecule has 0 radical (unpaired) electrons. The minimum absolute atomic E-state index is 0.0816. The highest BCUT2D eigenvalue weighted by molar-refractivity contribution is 6.74. The van der Waals surface area contributed by atoms with E-state index in [0.717, 1.165) is 44.0 Å². The van der Waals surface area contributed by atoms with Gasteiger partial charge in [-0.25, -0.2) is 0 Å². The van der Waals surface area contributed by atoms with Crippen molar-refractivity contribution in [3.05, 3.63) is 27.7 Å². The van der Waals surface area contributed by atoms with Crippen LogP contribution in [0.15, 0.2) is 12.1 Å². The predicted octanol–water partition coefficient (Wildman–Crippen LogP) is 6.20. The summed E-state index contributed by atoms with van der Waals surface area (Å²) in [6.45, 7) is 15.1. The summed E-state index contributed by atoms with van der Waals surface area (Å²) >= 11 is 12.7. The van der Waals surface area contributed by atoms with Gasteiger partial charge in [0, 0.05) is 33.2 Å². The number of halogens is 2. The number of nitrogens with zero attached hydrogens (tertiary/aromatic N) is 1. The van der Waals surface area contributed by atoms with Crippen LogP contribution in [0.4, 0.5) is 0 Å². The number of hydrogen-bond donors (Lipinski definition) is 0. The van der Waals surface area contributed by atoms with Crippen molar-refractivity contribution < 1.29 is 10.5 Å². The van der Waals surface area contributed by atoms with Gasteiger partial charge in [-0.2, -0.15) is 0 Å². The molecule has 1 aliphatic carbocycles. The maximum absolute atomic E-state index is 8.79. The number of likely N-dealkylation sites (tertiary alicyclic amines) is 1. The van der Waals surface area contributed by atoms with E-state index in [0.29, 0.717) is 10.0 Å². The van der Waals surface area contributed by atoms with Gasteiger partial charge in [-0.15, -0.1) is 0 Å². The molecule has 2 unspecified atom stereocenters. The Morgan fingerprint density at radius 1 is 1.30 bits per heavy atom. The van der Waals surface area contributed by atoms with Gasteiger partial charge in [0.1, 0.15) is 5.75 Å². The smallest absolute Gasteiger partial charge is 0.192 e. The average Bonchev–Trinajstić information content (AvgIpc) is 2.57. The van der Waals surface area contributed by atoms with Gasteiger partial charge >= 0.3 is 0 Å². The van der Waals surface area contributed by atoms with Crippen molar-refractivity contribution >= 4 is 31.5 Å². The van der Waals surface area contributed by atoms with Crippen LogP contribution in [-0.4, -0.2) is 46.6 Å². The van der Waals surface area contributed by atoms with Crippen LogP contribution >= 0.6 is 23.2 Å². The molecule has 0 bridgehead atoms. The van der Waals surface area contributed by atoms with E-state index < -0.39 is 8.32 Å². The Labute approximate surface area is 176 Å². The van der Waals surface area contributed by atoms with E-state index in [1.165, 1.54) is 0 Å². The van der Waals surface area contributed by atoms with E-state index in [9.17, 15) is 0 Å². The largest absolute Gasteiger partial charge is 0.496 e. The van der Waals surface area contributed by atoms with E-state index in [-0.39, 0.29) is 22.8 Å². The zero-order valence-electron chi connectivity index (χ0n) is 18.4. The summed E-state index contributed by atoms with van der Waals surface area (Å²) in [5.41, 5.74) is 0.986. The van der Waals surface area contributed by atoms with Crippen LogP contribution in [0, 0.1) is 5.41 Å². The van der Waals surface area contributed by atoms with Gasteiger partial charge in [0.05, 0.1) is 17.2 Å². The lowest BCUT2D eigenvalue weighted by Gasteiger charge is -2.59. The zero-order valence-corrected chi connectivity index (χ0v) is 19.9. The molecule has 6 heteroatoms. The number of rotatable bonds is 6. The lowest BCUT2D eigenvalue weighted by molar-refractivity contribution is -0.0771. The molecule has 2 aliphatic rings. The second-order valence-corrected chi connectivity index (χ2v) is 15.2. The van der Waals surface area contributed by atoms with Crippen LogP contribution in [0.1, 0.15) is 46.4 Å². The molecular formula is C21H33Cl2NO2Si. The lowest BCUT2D eigenvalue weighted by atomic mass is 9.56. The molecule has 27 heavy (non-hydrogen) atoms. The Morgan fingerprint density at radius 2 is 1.96 bits per heavy atom. The Morgan fingerprint density at radius 3 is 2.52 bits per heavy atom. The summed E-state index contributed by atoms with van der Waals surface area (Å²) in [5, 5.41) is 1.31. The first-order chi connectivity index (χ1) is 12.9. The third kappa shape index (κ3) is 4.20. The van der Waals surface area contributed by atoms with Crippen LogP contribution in [-0.2, 0) is 4.43 Å². The van der Waals surface area contributed by atoms with Crippen molar-refractivity contribution in [1.29, 1.82) is 0 Å². The number of hydrogen-bond acceptors (Lipinski definition) is 3. The highest BCUT2D eigenvalue weighted by Gasteiger charge is 2.53. The summed E-state index contributed by atoms with van der Waals surface area (Å²) in [7, 11) is -0.0433. The molecule has 1 aromatic carbocycles. The number of benzene rings is 1. The maximum Gasteiger partial charge on any atom is 0.192 e. The monoisotopic (exact) mass is 430 g/mol. The number of methoxy groups -OCH3 is 1. The van der Waals surface area contributed by atoms with Crippen LogP contribution in [0.3, 0.4) is 0 Å². The third-order valence-corrected chi connectivity index (χ3v) is 12.0. The average molecular weight is 431 g/mol. The van der Waals surface area contributed by atoms with Gasteiger partial charge in [0.25, 0.3) is 0 Å². The van der Waals surface area contributed by atoms with Gasteiger partial charge in [-0.1, -0.05) is 44.0 Å². The molecule has 0 amide bonds. The van der Waals surface area contributed by atoms with Gasteiger partial charge in [-0.05, 0) is 54.4 Å². The first kappa shape index (κ1) is 20.0. The van der Waals surface area contributed by atoms with E-state index in [4.69, 9.17) is 33.7 Å².